The van der Waals surface area contributed by atoms with Crippen LogP contribution in [0.25, 0.3) is 0 Å². The second kappa shape index (κ2) is 10.6. The Bertz CT molecular complexity index is 1460. The Morgan fingerprint density at radius 1 is 0.838 bits per heavy atom. The molecule has 5 rings (SSSR count). The van der Waals surface area contributed by atoms with Gasteiger partial charge in [-0.2, -0.15) is 4.99 Å². The Morgan fingerprint density at radius 2 is 1.32 bits per heavy atom. The lowest BCUT2D eigenvalue weighted by molar-refractivity contribution is -2.00. The molecule has 0 atom stereocenters. The molecular weight excluding hydrogens is 564 g/mol. The maximum Gasteiger partial charge on any atom is 0.381 e. The minimum Gasteiger partial charge on any atom is -0.422 e. The van der Waals surface area contributed by atoms with E-state index in [4.69, 9.17) is 23.4 Å². The second-order valence-corrected chi connectivity index (χ2v) is 9.84. The molecule has 10 heteroatoms. The minimum absolute atomic E-state index is 0.194. The molecule has 0 bridgehead atoms. The molecule has 190 valence electrons. The normalized spacial score (nSPS) is 14.0. The standard InChI is InChI=1S/C27H21BrN2O2.ClHO4/c1-17-23(25(31)29-18(2)24(17)28)26-30-22-16-10-9-15-21(22)27(32-26,19-11-5-3-6-12-19)20-13-7-4-8-14-20;2-1(3,4)5/h3-16H,1-2H3,(H,29,31);(H,2,3,4,5). The van der Waals surface area contributed by atoms with Crippen molar-refractivity contribution in [2.45, 2.75) is 19.4 Å². The Labute approximate surface area is 223 Å². The zero-order valence-corrected chi connectivity index (χ0v) is 22.1. The molecule has 1 aliphatic heterocycles. The average molecular weight is 586 g/mol. The number of hydrogen-bond acceptors (Lipinski definition) is 6. The summed E-state index contributed by atoms with van der Waals surface area (Å²) in [4.78, 5) is 19.4. The molecular formula is C27H22BrClN2O6. The molecule has 1 aromatic heterocycles. The SMILES string of the molecule is Cc1[nH]c(=O)c(C2=[NH+]c3ccccc3C(c3ccccc3)(c3ccccc3)O2)c(C)c1Br.[O-][Cl+3]([O-])([O-])[O-]. The van der Waals surface area contributed by atoms with Crippen LogP contribution in [0.4, 0.5) is 5.69 Å². The summed E-state index contributed by atoms with van der Waals surface area (Å²) in [5.41, 5.74) is 4.83. The monoisotopic (exact) mass is 584 g/mol. The van der Waals surface area contributed by atoms with E-state index < -0.39 is 15.8 Å². The first-order chi connectivity index (χ1) is 17.5. The summed E-state index contributed by atoms with van der Waals surface area (Å²) < 4.78 is 41.7. The van der Waals surface area contributed by atoms with Gasteiger partial charge in [-0.15, -0.1) is 10.2 Å². The van der Waals surface area contributed by atoms with Gasteiger partial charge in [-0.05, 0) is 41.4 Å². The van der Waals surface area contributed by atoms with E-state index in [2.05, 4.69) is 56.2 Å². The molecule has 0 aliphatic carbocycles. The lowest BCUT2D eigenvalue weighted by atomic mass is 9.78. The van der Waals surface area contributed by atoms with Crippen LogP contribution in [-0.4, -0.2) is 10.9 Å². The quantitative estimate of drug-likeness (QED) is 0.331. The van der Waals surface area contributed by atoms with Gasteiger partial charge in [-0.3, -0.25) is 4.79 Å². The van der Waals surface area contributed by atoms with Gasteiger partial charge in [0, 0.05) is 27.4 Å². The van der Waals surface area contributed by atoms with Crippen LogP contribution in [-0.2, 0) is 10.3 Å². The Kier molecular flexibility index (Phi) is 7.65. The van der Waals surface area contributed by atoms with Gasteiger partial charge in [0.1, 0.15) is 0 Å². The van der Waals surface area contributed by atoms with Crippen LogP contribution < -0.4 is 29.2 Å². The van der Waals surface area contributed by atoms with Crippen LogP contribution in [0, 0.1) is 24.1 Å². The lowest BCUT2D eigenvalue weighted by Gasteiger charge is -2.36. The van der Waals surface area contributed by atoms with E-state index in [1.807, 2.05) is 68.4 Å². The Balaban J connectivity index is 0.000000586. The first kappa shape index (κ1) is 26.7. The van der Waals surface area contributed by atoms with Gasteiger partial charge in [0.15, 0.2) is 11.2 Å². The molecule has 0 amide bonds. The van der Waals surface area contributed by atoms with Crippen LogP contribution in [0.3, 0.4) is 0 Å². The Morgan fingerprint density at radius 3 is 1.86 bits per heavy atom. The second-order valence-electron chi connectivity index (χ2n) is 8.29. The molecule has 2 N–H and O–H groups in total. The first-order valence-corrected chi connectivity index (χ1v) is 13.1. The number of pyridine rings is 1. The van der Waals surface area contributed by atoms with Crippen LogP contribution in [0.5, 0.6) is 0 Å². The number of nitrogens with one attached hydrogen (secondary N) is 2. The minimum atomic E-state index is -4.94. The summed E-state index contributed by atoms with van der Waals surface area (Å²) in [6.07, 6.45) is 0. The van der Waals surface area contributed by atoms with Crippen molar-refractivity contribution in [3.8, 4) is 0 Å². The largest absolute Gasteiger partial charge is 0.422 e. The van der Waals surface area contributed by atoms with Crippen LogP contribution in [0.15, 0.2) is 94.2 Å². The van der Waals surface area contributed by atoms with Crippen molar-refractivity contribution in [2.24, 2.45) is 0 Å². The number of para-hydroxylation sites is 1. The van der Waals surface area contributed by atoms with Gasteiger partial charge in [0.05, 0.1) is 5.56 Å². The molecule has 37 heavy (non-hydrogen) atoms. The van der Waals surface area contributed by atoms with E-state index in [0.717, 1.165) is 38.1 Å². The highest BCUT2D eigenvalue weighted by Crippen LogP contribution is 2.44. The third-order valence-corrected chi connectivity index (χ3v) is 7.15. The van der Waals surface area contributed by atoms with Crippen molar-refractivity contribution in [1.29, 1.82) is 0 Å². The average Bonchev–Trinajstić information content (AvgIpc) is 2.87. The van der Waals surface area contributed by atoms with Gasteiger partial charge in [0.2, 0.25) is 5.69 Å². The van der Waals surface area contributed by atoms with E-state index in [-0.39, 0.29) is 5.56 Å². The predicted molar refractivity (Wildman–Crippen MR) is 129 cm³/mol. The van der Waals surface area contributed by atoms with Gasteiger partial charge in [-0.1, -0.05) is 72.8 Å². The van der Waals surface area contributed by atoms with Gasteiger partial charge >= 0.3 is 5.90 Å². The highest BCUT2D eigenvalue weighted by atomic mass is 79.9. The number of fused-ring (bicyclic) bond motifs is 1. The Hall–Kier alpha value is -3.31. The highest BCUT2D eigenvalue weighted by Gasteiger charge is 2.48. The van der Waals surface area contributed by atoms with E-state index >= 15 is 0 Å². The molecule has 2 heterocycles. The highest BCUT2D eigenvalue weighted by molar-refractivity contribution is 9.10. The molecule has 0 unspecified atom stereocenters. The zero-order chi connectivity index (χ0) is 26.8. The summed E-state index contributed by atoms with van der Waals surface area (Å²) in [5, 5.41) is 0. The molecule has 0 fully saturated rings. The first-order valence-electron chi connectivity index (χ1n) is 11.1. The van der Waals surface area contributed by atoms with Crippen LogP contribution in [0.2, 0.25) is 0 Å². The maximum absolute atomic E-state index is 13.1. The van der Waals surface area contributed by atoms with E-state index in [9.17, 15) is 4.79 Å². The number of halogens is 2. The number of ether oxygens (including phenoxy) is 1. The smallest absolute Gasteiger partial charge is 0.381 e. The number of rotatable bonds is 3. The topological polar surface area (TPSA) is 148 Å². The van der Waals surface area contributed by atoms with Crippen LogP contribution >= 0.6 is 15.9 Å². The van der Waals surface area contributed by atoms with E-state index in [1.165, 1.54) is 0 Å². The fourth-order valence-corrected chi connectivity index (χ4v) is 4.73. The van der Waals surface area contributed by atoms with E-state index in [0.29, 0.717) is 11.5 Å². The zero-order valence-electron chi connectivity index (χ0n) is 19.8. The lowest BCUT2D eigenvalue weighted by Crippen LogP contribution is -2.73. The summed E-state index contributed by atoms with van der Waals surface area (Å²) in [5.74, 6) is 0.427. The number of H-pyrrole nitrogens is 1. The molecule has 8 nitrogen and oxygen atoms in total. The summed E-state index contributed by atoms with van der Waals surface area (Å²) >= 11 is 3.61. The van der Waals surface area contributed by atoms with Crippen molar-refractivity contribution in [3.05, 3.63) is 133 Å². The number of hydrogen-bond donors (Lipinski definition) is 2. The molecule has 3 aromatic carbocycles. The molecule has 4 aromatic rings. The molecule has 0 saturated carbocycles. The molecule has 1 aliphatic rings. The van der Waals surface area contributed by atoms with Crippen molar-refractivity contribution < 1.29 is 38.6 Å². The number of aryl methyl sites for hydroxylation is 1. The van der Waals surface area contributed by atoms with Gasteiger partial charge < -0.3 is 9.72 Å². The fraction of sp³-hybridized carbons (Fsp3) is 0.111. The summed E-state index contributed by atoms with van der Waals surface area (Å²) in [7, 11) is -4.94. The summed E-state index contributed by atoms with van der Waals surface area (Å²) in [6, 6.07) is 28.4. The van der Waals surface area contributed by atoms with Crippen molar-refractivity contribution >= 4 is 27.5 Å². The van der Waals surface area contributed by atoms with Crippen molar-refractivity contribution in [1.82, 2.24) is 4.98 Å². The summed E-state index contributed by atoms with van der Waals surface area (Å²) in [6.45, 7) is 3.79. The van der Waals surface area contributed by atoms with Gasteiger partial charge in [0.25, 0.3) is 5.56 Å². The van der Waals surface area contributed by atoms with Gasteiger partial charge in [-0.25, -0.2) is 18.6 Å². The fourth-order valence-electron chi connectivity index (χ4n) is 4.43. The molecule has 0 spiro atoms. The third-order valence-electron chi connectivity index (χ3n) is 5.96. The molecule has 0 saturated heterocycles. The van der Waals surface area contributed by atoms with Crippen molar-refractivity contribution in [3.63, 3.8) is 0 Å². The number of benzene rings is 3. The van der Waals surface area contributed by atoms with Crippen molar-refractivity contribution in [2.75, 3.05) is 0 Å². The predicted octanol–water partition coefficient (Wildman–Crippen LogP) is -0.521. The van der Waals surface area contributed by atoms with E-state index in [1.54, 1.807) is 0 Å². The number of aromatic nitrogens is 1. The number of aromatic amines is 1. The van der Waals surface area contributed by atoms with Crippen LogP contribution in [0.1, 0.15) is 33.5 Å². The maximum atomic E-state index is 13.1. The molecule has 0 radical (unpaired) electrons. The third kappa shape index (κ3) is 5.52.